The molecule has 0 spiro atoms. The van der Waals surface area contributed by atoms with Gasteiger partial charge in [0.1, 0.15) is 5.69 Å². The van der Waals surface area contributed by atoms with Crippen LogP contribution in [0.3, 0.4) is 0 Å². The van der Waals surface area contributed by atoms with Crippen LogP contribution in [-0.2, 0) is 12.8 Å². The van der Waals surface area contributed by atoms with Crippen LogP contribution in [0.15, 0.2) is 60.8 Å². The lowest BCUT2D eigenvalue weighted by atomic mass is 9.96. The van der Waals surface area contributed by atoms with Crippen molar-refractivity contribution in [1.29, 1.82) is 0 Å². The molecule has 27 heavy (non-hydrogen) atoms. The molecule has 3 nitrogen and oxygen atoms in total. The Labute approximate surface area is 159 Å². The molecule has 0 amide bonds. The maximum Gasteiger partial charge on any atom is 0.178 e. The molecule has 2 heterocycles. The smallest absolute Gasteiger partial charge is 0.178 e. The zero-order chi connectivity index (χ0) is 18.2. The lowest BCUT2D eigenvalue weighted by molar-refractivity contribution is 0.668. The Morgan fingerprint density at radius 1 is 0.778 bits per heavy atom. The molecule has 1 aliphatic rings. The number of aryl methyl sites for hydroxylation is 3. The molecule has 0 aliphatic heterocycles. The summed E-state index contributed by atoms with van der Waals surface area (Å²) < 4.78 is 0. The van der Waals surface area contributed by atoms with Crippen LogP contribution in [0.5, 0.6) is 0 Å². The van der Waals surface area contributed by atoms with Gasteiger partial charge in [0.05, 0.1) is 5.69 Å². The number of fused-ring (bicyclic) bond motifs is 2. The van der Waals surface area contributed by atoms with Gasteiger partial charge < -0.3 is 0 Å². The average molecular weight is 351 g/mol. The van der Waals surface area contributed by atoms with E-state index >= 15 is 0 Å². The van der Waals surface area contributed by atoms with Gasteiger partial charge in [-0.3, -0.25) is 0 Å². The summed E-state index contributed by atoms with van der Waals surface area (Å²) in [6.07, 6.45) is 6.53. The van der Waals surface area contributed by atoms with Crippen molar-refractivity contribution in [3.05, 3.63) is 77.6 Å². The van der Waals surface area contributed by atoms with E-state index in [1.165, 1.54) is 40.4 Å². The summed E-state index contributed by atoms with van der Waals surface area (Å²) >= 11 is 0. The van der Waals surface area contributed by atoms with E-state index in [4.69, 9.17) is 9.97 Å². The zero-order valence-electron chi connectivity index (χ0n) is 15.4. The monoisotopic (exact) mass is 351 g/mol. The van der Waals surface area contributed by atoms with Gasteiger partial charge in [0.25, 0.3) is 0 Å². The molecule has 1 aliphatic carbocycles. The zero-order valence-corrected chi connectivity index (χ0v) is 15.4. The summed E-state index contributed by atoms with van der Waals surface area (Å²) in [6.45, 7) is 2.16. The standard InChI is InChI=1S/C24H21N3/c1-16-19-8-4-2-6-17(19)10-12-20(16)22-14-15-25-24(27-22)23-13-11-18-7-3-5-9-21(18)26-23/h2,4,6,8,10-15H,3,5,7,9H2,1H3. The van der Waals surface area contributed by atoms with E-state index in [-0.39, 0.29) is 0 Å². The Hall–Kier alpha value is -3.07. The number of hydrogen-bond acceptors (Lipinski definition) is 3. The minimum absolute atomic E-state index is 0.702. The second-order valence-electron chi connectivity index (χ2n) is 7.23. The predicted octanol–water partition coefficient (Wildman–Crippen LogP) is 5.55. The van der Waals surface area contributed by atoms with Crippen molar-refractivity contribution < 1.29 is 0 Å². The van der Waals surface area contributed by atoms with Gasteiger partial charge in [0.2, 0.25) is 0 Å². The molecule has 5 rings (SSSR count). The van der Waals surface area contributed by atoms with Crippen LogP contribution >= 0.6 is 0 Å². The van der Waals surface area contributed by atoms with Gasteiger partial charge in [0, 0.05) is 17.5 Å². The fourth-order valence-corrected chi connectivity index (χ4v) is 4.04. The normalized spacial score (nSPS) is 13.5. The fourth-order valence-electron chi connectivity index (χ4n) is 4.04. The number of aromatic nitrogens is 3. The van der Waals surface area contributed by atoms with Crippen LogP contribution < -0.4 is 0 Å². The van der Waals surface area contributed by atoms with Crippen molar-refractivity contribution in [2.75, 3.05) is 0 Å². The molecule has 2 aromatic heterocycles. The maximum absolute atomic E-state index is 4.87. The molecule has 4 aromatic rings. The van der Waals surface area contributed by atoms with E-state index in [9.17, 15) is 0 Å². The van der Waals surface area contributed by atoms with E-state index in [0.717, 1.165) is 29.8 Å². The van der Waals surface area contributed by atoms with Gasteiger partial charge in [-0.25, -0.2) is 15.0 Å². The Kier molecular flexibility index (Phi) is 3.93. The highest BCUT2D eigenvalue weighted by atomic mass is 14.9. The molecule has 2 aromatic carbocycles. The van der Waals surface area contributed by atoms with Gasteiger partial charge in [-0.05, 0) is 66.6 Å². The van der Waals surface area contributed by atoms with E-state index in [1.54, 1.807) is 0 Å². The largest absolute Gasteiger partial charge is 0.249 e. The van der Waals surface area contributed by atoms with Crippen molar-refractivity contribution in [3.8, 4) is 22.8 Å². The van der Waals surface area contributed by atoms with Crippen LogP contribution in [0.2, 0.25) is 0 Å². The quantitative estimate of drug-likeness (QED) is 0.475. The molecule has 0 unspecified atom stereocenters. The number of pyridine rings is 1. The van der Waals surface area contributed by atoms with Crippen molar-refractivity contribution in [3.63, 3.8) is 0 Å². The summed E-state index contributed by atoms with van der Waals surface area (Å²) in [6, 6.07) is 19.0. The molecular formula is C24H21N3. The first-order valence-corrected chi connectivity index (χ1v) is 9.60. The number of nitrogens with zero attached hydrogens (tertiary/aromatic N) is 3. The summed E-state index contributed by atoms with van der Waals surface area (Å²) in [5, 5.41) is 2.52. The van der Waals surface area contributed by atoms with E-state index < -0.39 is 0 Å². The maximum atomic E-state index is 4.87. The van der Waals surface area contributed by atoms with Crippen molar-refractivity contribution in [2.45, 2.75) is 32.6 Å². The van der Waals surface area contributed by atoms with Crippen molar-refractivity contribution in [2.24, 2.45) is 0 Å². The summed E-state index contributed by atoms with van der Waals surface area (Å²) in [5.74, 6) is 0.702. The summed E-state index contributed by atoms with van der Waals surface area (Å²) in [5.41, 5.74) is 6.81. The Morgan fingerprint density at radius 2 is 1.67 bits per heavy atom. The van der Waals surface area contributed by atoms with Crippen LogP contribution in [-0.4, -0.2) is 15.0 Å². The first-order chi connectivity index (χ1) is 13.3. The van der Waals surface area contributed by atoms with Gasteiger partial charge in [-0.15, -0.1) is 0 Å². The van der Waals surface area contributed by atoms with Gasteiger partial charge in [-0.1, -0.05) is 42.5 Å². The average Bonchev–Trinajstić information content (AvgIpc) is 2.74. The second kappa shape index (κ2) is 6.58. The van der Waals surface area contributed by atoms with Gasteiger partial charge in [-0.2, -0.15) is 0 Å². The number of benzene rings is 2. The molecule has 0 atom stereocenters. The lowest BCUT2D eigenvalue weighted by Crippen LogP contribution is -2.06. The van der Waals surface area contributed by atoms with Crippen LogP contribution in [0, 0.1) is 6.92 Å². The van der Waals surface area contributed by atoms with Gasteiger partial charge >= 0.3 is 0 Å². The highest BCUT2D eigenvalue weighted by Crippen LogP contribution is 2.29. The Balaban J connectivity index is 1.59. The molecule has 0 saturated carbocycles. The van der Waals surface area contributed by atoms with Gasteiger partial charge in [0.15, 0.2) is 5.82 Å². The highest BCUT2D eigenvalue weighted by Gasteiger charge is 2.14. The third-order valence-electron chi connectivity index (χ3n) is 5.54. The van der Waals surface area contributed by atoms with Crippen molar-refractivity contribution >= 4 is 10.8 Å². The van der Waals surface area contributed by atoms with Crippen LogP contribution in [0.1, 0.15) is 29.7 Å². The molecule has 132 valence electrons. The Bertz CT molecular complexity index is 1150. The van der Waals surface area contributed by atoms with E-state index in [2.05, 4.69) is 60.4 Å². The van der Waals surface area contributed by atoms with Crippen molar-refractivity contribution in [1.82, 2.24) is 15.0 Å². The topological polar surface area (TPSA) is 38.7 Å². The third-order valence-corrected chi connectivity index (χ3v) is 5.54. The summed E-state index contributed by atoms with van der Waals surface area (Å²) in [4.78, 5) is 14.2. The minimum atomic E-state index is 0.702. The Morgan fingerprint density at radius 3 is 2.63 bits per heavy atom. The van der Waals surface area contributed by atoms with E-state index in [1.807, 2.05) is 12.3 Å². The minimum Gasteiger partial charge on any atom is -0.249 e. The fraction of sp³-hybridized carbons (Fsp3) is 0.208. The molecule has 0 N–H and O–H groups in total. The number of hydrogen-bond donors (Lipinski definition) is 0. The molecule has 3 heteroatoms. The number of rotatable bonds is 2. The first-order valence-electron chi connectivity index (χ1n) is 9.60. The summed E-state index contributed by atoms with van der Waals surface area (Å²) in [7, 11) is 0. The molecule has 0 bridgehead atoms. The van der Waals surface area contributed by atoms with Crippen LogP contribution in [0.4, 0.5) is 0 Å². The molecule has 0 radical (unpaired) electrons. The third kappa shape index (κ3) is 2.89. The highest BCUT2D eigenvalue weighted by molar-refractivity contribution is 5.91. The molecule has 0 saturated heterocycles. The SMILES string of the molecule is Cc1c(-c2ccnc(-c3ccc4c(n3)CCCC4)n2)ccc2ccccc12. The van der Waals surface area contributed by atoms with E-state index in [0.29, 0.717) is 5.82 Å². The lowest BCUT2D eigenvalue weighted by Gasteiger charge is -2.15. The second-order valence-corrected chi connectivity index (χ2v) is 7.23. The first kappa shape index (κ1) is 16.1. The van der Waals surface area contributed by atoms with Crippen LogP contribution in [0.25, 0.3) is 33.5 Å². The predicted molar refractivity (Wildman–Crippen MR) is 110 cm³/mol. The molecule has 0 fully saturated rings. The molecular weight excluding hydrogens is 330 g/mol.